The van der Waals surface area contributed by atoms with Gasteiger partial charge >= 0.3 is 0 Å². The second-order valence-electron chi connectivity index (χ2n) is 4.61. The molecule has 108 valence electrons. The van der Waals surface area contributed by atoms with Gasteiger partial charge in [-0.15, -0.1) is 0 Å². The zero-order valence-electron chi connectivity index (χ0n) is 10.3. The lowest BCUT2D eigenvalue weighted by molar-refractivity contribution is -0.125. The molecular weight excluding hydrogens is 275 g/mol. The Labute approximate surface area is 112 Å². The first-order valence-corrected chi connectivity index (χ1v) is 5.84. The smallest absolute Gasteiger partial charge is 0.243 e. The lowest BCUT2D eigenvalue weighted by atomic mass is 10.2. The Morgan fingerprint density at radius 3 is 2.45 bits per heavy atom. The maximum Gasteiger partial charge on any atom is 0.243 e. The maximum absolute atomic E-state index is 13.3. The number of hydrogen-bond acceptors (Lipinski definition) is 3. The van der Waals surface area contributed by atoms with Crippen molar-refractivity contribution in [2.75, 3.05) is 11.9 Å². The maximum atomic E-state index is 13.3. The van der Waals surface area contributed by atoms with E-state index in [2.05, 4.69) is 5.32 Å². The van der Waals surface area contributed by atoms with E-state index < -0.39 is 47.0 Å². The molecule has 1 saturated carbocycles. The highest BCUT2D eigenvalue weighted by molar-refractivity contribution is 5.97. The van der Waals surface area contributed by atoms with Crippen LogP contribution in [0.3, 0.4) is 0 Å². The largest absolute Gasteiger partial charge is 0.345 e. The van der Waals surface area contributed by atoms with Crippen molar-refractivity contribution in [1.29, 1.82) is 0 Å². The number of carbonyl (C=O) groups excluding carboxylic acids is 2. The molecule has 0 bridgehead atoms. The van der Waals surface area contributed by atoms with E-state index in [0.29, 0.717) is 18.9 Å². The third-order valence-electron chi connectivity index (χ3n) is 2.96. The van der Waals surface area contributed by atoms with Crippen LogP contribution in [-0.2, 0) is 9.59 Å². The summed E-state index contributed by atoms with van der Waals surface area (Å²) in [7, 11) is 0. The summed E-state index contributed by atoms with van der Waals surface area (Å²) < 4.78 is 38.9. The van der Waals surface area contributed by atoms with E-state index in [1.165, 1.54) is 0 Å². The number of halogens is 3. The molecule has 0 saturated heterocycles. The number of nitrogens with one attached hydrogen (secondary N) is 2. The van der Waals surface area contributed by atoms with E-state index in [1.54, 1.807) is 0 Å². The molecule has 4 N–H and O–H groups in total. The van der Waals surface area contributed by atoms with Crippen LogP contribution in [0.2, 0.25) is 0 Å². The van der Waals surface area contributed by atoms with Crippen molar-refractivity contribution in [3.05, 3.63) is 29.6 Å². The van der Waals surface area contributed by atoms with Crippen molar-refractivity contribution in [2.24, 2.45) is 5.73 Å². The molecular formula is C12H12F3N3O2. The van der Waals surface area contributed by atoms with Gasteiger partial charge < -0.3 is 16.4 Å². The number of rotatable bonds is 4. The van der Waals surface area contributed by atoms with Crippen molar-refractivity contribution < 1.29 is 22.8 Å². The van der Waals surface area contributed by atoms with Crippen LogP contribution in [0.5, 0.6) is 0 Å². The van der Waals surface area contributed by atoms with Gasteiger partial charge in [-0.2, -0.15) is 0 Å². The van der Waals surface area contributed by atoms with Crippen LogP contribution in [0.4, 0.5) is 18.9 Å². The van der Waals surface area contributed by atoms with Gasteiger partial charge in [0, 0.05) is 0 Å². The van der Waals surface area contributed by atoms with E-state index in [0.717, 1.165) is 6.07 Å². The fraction of sp³-hybridized carbons (Fsp3) is 0.333. The van der Waals surface area contributed by atoms with Gasteiger partial charge in [-0.1, -0.05) is 0 Å². The third kappa shape index (κ3) is 2.90. The molecule has 0 spiro atoms. The molecule has 0 heterocycles. The molecule has 0 atom stereocenters. The van der Waals surface area contributed by atoms with Crippen LogP contribution in [0.25, 0.3) is 0 Å². The molecule has 2 amide bonds. The zero-order chi connectivity index (χ0) is 14.9. The van der Waals surface area contributed by atoms with Gasteiger partial charge in [0.15, 0.2) is 17.5 Å². The Morgan fingerprint density at radius 2 is 1.85 bits per heavy atom. The molecule has 20 heavy (non-hydrogen) atoms. The van der Waals surface area contributed by atoms with Gasteiger partial charge in [0.1, 0.15) is 0 Å². The van der Waals surface area contributed by atoms with E-state index in [4.69, 9.17) is 5.73 Å². The predicted octanol–water partition coefficient (Wildman–Crippen LogP) is 0.650. The Balaban J connectivity index is 1.92. The normalized spacial score (nSPS) is 15.6. The predicted molar refractivity (Wildman–Crippen MR) is 64.1 cm³/mol. The summed E-state index contributed by atoms with van der Waals surface area (Å²) in [5.74, 6) is -5.77. The first-order valence-electron chi connectivity index (χ1n) is 5.84. The first kappa shape index (κ1) is 14.3. The van der Waals surface area contributed by atoms with Crippen molar-refractivity contribution in [3.8, 4) is 0 Å². The Hall–Kier alpha value is -2.09. The Morgan fingerprint density at radius 1 is 1.20 bits per heavy atom. The number of benzene rings is 1. The fourth-order valence-corrected chi connectivity index (χ4v) is 1.52. The molecule has 8 heteroatoms. The molecule has 0 aromatic heterocycles. The molecule has 1 aliphatic carbocycles. The second-order valence-corrected chi connectivity index (χ2v) is 4.61. The molecule has 2 rings (SSSR count). The number of anilines is 1. The van der Waals surface area contributed by atoms with Crippen LogP contribution in [0.15, 0.2) is 12.1 Å². The molecule has 0 radical (unpaired) electrons. The Bertz CT molecular complexity index is 573. The molecule has 1 aromatic rings. The van der Waals surface area contributed by atoms with Gasteiger partial charge in [0.05, 0.1) is 17.8 Å². The highest BCUT2D eigenvalue weighted by Gasteiger charge is 2.45. The quantitative estimate of drug-likeness (QED) is 0.711. The number of amides is 2. The van der Waals surface area contributed by atoms with Crippen molar-refractivity contribution in [1.82, 2.24) is 5.32 Å². The highest BCUT2D eigenvalue weighted by atomic mass is 19.2. The lowest BCUT2D eigenvalue weighted by Gasteiger charge is -2.11. The van der Waals surface area contributed by atoms with Crippen LogP contribution in [0.1, 0.15) is 12.8 Å². The van der Waals surface area contributed by atoms with Gasteiger partial charge in [0.25, 0.3) is 0 Å². The van der Waals surface area contributed by atoms with Crippen molar-refractivity contribution >= 4 is 17.5 Å². The number of nitrogens with two attached hydrogens (primary N) is 1. The van der Waals surface area contributed by atoms with Gasteiger partial charge in [-0.25, -0.2) is 13.2 Å². The monoisotopic (exact) mass is 287 g/mol. The zero-order valence-corrected chi connectivity index (χ0v) is 10.3. The van der Waals surface area contributed by atoms with Gasteiger partial charge in [-0.3, -0.25) is 9.59 Å². The summed E-state index contributed by atoms with van der Waals surface area (Å²) in [5.41, 5.74) is 4.17. The standard InChI is InChI=1S/C12H12F3N3O2/c13-6-1-2-7(10(15)9(6)14)18-8(19)5-17-11(20)12(16)3-4-12/h1-2H,3-5,16H2,(H,17,20)(H,18,19). The van der Waals surface area contributed by atoms with Crippen LogP contribution in [0, 0.1) is 17.5 Å². The summed E-state index contributed by atoms with van der Waals surface area (Å²) >= 11 is 0. The molecule has 1 aliphatic rings. The molecule has 0 aliphatic heterocycles. The molecule has 5 nitrogen and oxygen atoms in total. The van der Waals surface area contributed by atoms with Crippen molar-refractivity contribution in [2.45, 2.75) is 18.4 Å². The number of hydrogen-bond donors (Lipinski definition) is 3. The summed E-state index contributed by atoms with van der Waals surface area (Å²) in [6.07, 6.45) is 1.08. The minimum Gasteiger partial charge on any atom is -0.345 e. The minimum absolute atomic E-state index is 0.434. The Kier molecular flexibility index (Phi) is 3.67. The average Bonchev–Trinajstić information content (AvgIpc) is 3.16. The van der Waals surface area contributed by atoms with E-state index in [-0.39, 0.29) is 0 Å². The van der Waals surface area contributed by atoms with E-state index >= 15 is 0 Å². The molecule has 1 fully saturated rings. The van der Waals surface area contributed by atoms with Crippen LogP contribution < -0.4 is 16.4 Å². The van der Waals surface area contributed by atoms with Crippen molar-refractivity contribution in [3.63, 3.8) is 0 Å². The lowest BCUT2D eigenvalue weighted by Crippen LogP contribution is -2.45. The van der Waals surface area contributed by atoms with Crippen LogP contribution in [-0.4, -0.2) is 23.9 Å². The summed E-state index contributed by atoms with van der Waals surface area (Å²) in [4.78, 5) is 22.9. The fourth-order valence-electron chi connectivity index (χ4n) is 1.52. The summed E-state index contributed by atoms with van der Waals surface area (Å²) in [5, 5.41) is 4.31. The topological polar surface area (TPSA) is 84.2 Å². The summed E-state index contributed by atoms with van der Waals surface area (Å²) in [6, 6.07) is 1.57. The average molecular weight is 287 g/mol. The SMILES string of the molecule is NC1(C(=O)NCC(=O)Nc2ccc(F)c(F)c2F)CC1. The minimum atomic E-state index is -1.68. The molecule has 1 aromatic carbocycles. The third-order valence-corrected chi connectivity index (χ3v) is 2.96. The number of carbonyl (C=O) groups is 2. The van der Waals surface area contributed by atoms with Crippen LogP contribution >= 0.6 is 0 Å². The van der Waals surface area contributed by atoms with E-state index in [9.17, 15) is 22.8 Å². The second kappa shape index (κ2) is 5.12. The molecule has 0 unspecified atom stereocenters. The van der Waals surface area contributed by atoms with Gasteiger partial charge in [-0.05, 0) is 25.0 Å². The van der Waals surface area contributed by atoms with Gasteiger partial charge in [0.2, 0.25) is 11.8 Å². The highest BCUT2D eigenvalue weighted by Crippen LogP contribution is 2.31. The first-order chi connectivity index (χ1) is 9.33. The van der Waals surface area contributed by atoms with E-state index in [1.807, 2.05) is 5.32 Å². The summed E-state index contributed by atoms with van der Waals surface area (Å²) in [6.45, 7) is -0.434.